The lowest BCUT2D eigenvalue weighted by Crippen LogP contribution is -2.46. The van der Waals surface area contributed by atoms with E-state index in [1.54, 1.807) is 41.2 Å². The maximum atomic E-state index is 12.9. The smallest absolute Gasteiger partial charge is 0.273 e. The predicted octanol–water partition coefficient (Wildman–Crippen LogP) is 2.34. The van der Waals surface area contributed by atoms with Gasteiger partial charge in [0.2, 0.25) is 5.91 Å². The molecule has 1 saturated heterocycles. The molecule has 0 aliphatic carbocycles. The third-order valence-corrected chi connectivity index (χ3v) is 4.74. The highest BCUT2D eigenvalue weighted by Crippen LogP contribution is 2.22. The number of carbonyl (C=O) groups is 2. The molecule has 0 unspecified atom stereocenters. The number of likely N-dealkylation sites (tertiary alicyclic amines) is 1. The number of hydrogen-bond donors (Lipinski definition) is 0. The largest absolute Gasteiger partial charge is 0.351 e. The summed E-state index contributed by atoms with van der Waals surface area (Å²) < 4.78 is 1.90. The summed E-state index contributed by atoms with van der Waals surface area (Å²) in [4.78, 5) is 33.0. The topological polar surface area (TPSA) is 58.4 Å². The van der Waals surface area contributed by atoms with Crippen molar-refractivity contribution in [2.45, 2.75) is 25.4 Å². The van der Waals surface area contributed by atoms with E-state index in [-0.39, 0.29) is 11.8 Å². The molecule has 1 aliphatic rings. The second-order valence-corrected chi connectivity index (χ2v) is 6.76. The van der Waals surface area contributed by atoms with E-state index >= 15 is 0 Å². The molecular formula is C18H21ClN4O2. The molecule has 0 aromatic carbocycles. The van der Waals surface area contributed by atoms with E-state index in [0.29, 0.717) is 30.2 Å². The summed E-state index contributed by atoms with van der Waals surface area (Å²) in [5.74, 6) is -0.245. The van der Waals surface area contributed by atoms with E-state index in [2.05, 4.69) is 4.98 Å². The fraction of sp³-hybridized carbons (Fsp3) is 0.389. The van der Waals surface area contributed by atoms with Crippen LogP contribution in [0, 0.1) is 0 Å². The Morgan fingerprint density at radius 2 is 2.20 bits per heavy atom. The van der Waals surface area contributed by atoms with Gasteiger partial charge in [-0.15, -0.1) is 0 Å². The molecule has 132 valence electrons. The third kappa shape index (κ3) is 3.69. The lowest BCUT2D eigenvalue weighted by Gasteiger charge is -2.28. The molecule has 3 heterocycles. The minimum absolute atomic E-state index is 0.0564. The fourth-order valence-electron chi connectivity index (χ4n) is 3.20. The Kier molecular flexibility index (Phi) is 5.08. The standard InChI is InChI=1S/C18H21ClN4O2/c1-21-11-13(19)10-14(21)12-22(2)18(25)16-7-5-9-23(16)17(24)15-6-3-4-8-20-15/h3-4,6,8,10-11,16H,5,7,9,12H2,1-2H3/t16-/m0/s1. The summed E-state index contributed by atoms with van der Waals surface area (Å²) in [6, 6.07) is 6.63. The molecule has 0 saturated carbocycles. The SMILES string of the molecule is CN(Cc1cc(Cl)cn1C)C(=O)[C@@H]1CCCN1C(=O)c1ccccn1. The average Bonchev–Trinajstić information content (AvgIpc) is 3.21. The molecule has 0 spiro atoms. The Balaban J connectivity index is 1.72. The molecule has 2 aromatic rings. The quantitative estimate of drug-likeness (QED) is 0.840. The molecule has 0 N–H and O–H groups in total. The van der Waals surface area contributed by atoms with E-state index < -0.39 is 6.04 Å². The zero-order chi connectivity index (χ0) is 18.0. The van der Waals surface area contributed by atoms with Gasteiger partial charge in [-0.3, -0.25) is 14.6 Å². The minimum Gasteiger partial charge on any atom is -0.351 e. The molecule has 1 atom stereocenters. The fourth-order valence-corrected chi connectivity index (χ4v) is 3.47. The molecule has 25 heavy (non-hydrogen) atoms. The van der Waals surface area contributed by atoms with Crippen molar-refractivity contribution in [1.82, 2.24) is 19.4 Å². The van der Waals surface area contributed by atoms with Crippen molar-refractivity contribution in [3.8, 4) is 0 Å². The zero-order valence-electron chi connectivity index (χ0n) is 14.4. The van der Waals surface area contributed by atoms with Gasteiger partial charge in [0.15, 0.2) is 0 Å². The van der Waals surface area contributed by atoms with Crippen LogP contribution in [0.1, 0.15) is 29.0 Å². The maximum Gasteiger partial charge on any atom is 0.273 e. The molecular weight excluding hydrogens is 340 g/mol. The van der Waals surface area contributed by atoms with Crippen LogP contribution in [0.25, 0.3) is 0 Å². The summed E-state index contributed by atoms with van der Waals surface area (Å²) in [7, 11) is 3.65. The van der Waals surface area contributed by atoms with Gasteiger partial charge in [-0.05, 0) is 31.0 Å². The van der Waals surface area contributed by atoms with Gasteiger partial charge < -0.3 is 14.4 Å². The normalized spacial score (nSPS) is 16.9. The van der Waals surface area contributed by atoms with Gasteiger partial charge in [-0.1, -0.05) is 17.7 Å². The predicted molar refractivity (Wildman–Crippen MR) is 95.2 cm³/mol. The van der Waals surface area contributed by atoms with E-state index in [4.69, 9.17) is 11.6 Å². The van der Waals surface area contributed by atoms with Crippen LogP contribution < -0.4 is 0 Å². The number of amides is 2. The number of likely N-dealkylation sites (N-methyl/N-ethyl adjacent to an activating group) is 1. The number of halogens is 1. The van der Waals surface area contributed by atoms with Crippen LogP contribution in [0.5, 0.6) is 0 Å². The monoisotopic (exact) mass is 360 g/mol. The van der Waals surface area contributed by atoms with Crippen LogP contribution >= 0.6 is 11.6 Å². The molecule has 2 amide bonds. The molecule has 1 aliphatic heterocycles. The van der Waals surface area contributed by atoms with Crippen molar-refractivity contribution in [1.29, 1.82) is 0 Å². The second-order valence-electron chi connectivity index (χ2n) is 6.33. The van der Waals surface area contributed by atoms with Crippen LogP contribution in [0.2, 0.25) is 5.02 Å². The van der Waals surface area contributed by atoms with E-state index in [1.165, 1.54) is 0 Å². The average molecular weight is 361 g/mol. The first-order valence-corrected chi connectivity index (χ1v) is 8.63. The molecule has 0 bridgehead atoms. The number of carbonyl (C=O) groups excluding carboxylic acids is 2. The molecule has 6 nitrogen and oxygen atoms in total. The molecule has 7 heteroatoms. The Morgan fingerprint density at radius 1 is 1.40 bits per heavy atom. The lowest BCUT2D eigenvalue weighted by molar-refractivity contribution is -0.134. The highest BCUT2D eigenvalue weighted by Gasteiger charge is 2.36. The number of aromatic nitrogens is 2. The van der Waals surface area contributed by atoms with Crippen LogP contribution in [0.15, 0.2) is 36.7 Å². The molecule has 1 fully saturated rings. The Hall–Kier alpha value is -2.34. The van der Waals surface area contributed by atoms with Gasteiger partial charge in [0.25, 0.3) is 5.91 Å². The van der Waals surface area contributed by atoms with Crippen molar-refractivity contribution >= 4 is 23.4 Å². The second kappa shape index (κ2) is 7.27. The van der Waals surface area contributed by atoms with Gasteiger partial charge in [-0.25, -0.2) is 0 Å². The zero-order valence-corrected chi connectivity index (χ0v) is 15.1. The summed E-state index contributed by atoms with van der Waals surface area (Å²) >= 11 is 6.00. The number of rotatable bonds is 4. The Bertz CT molecular complexity index is 775. The van der Waals surface area contributed by atoms with E-state index in [0.717, 1.165) is 12.1 Å². The molecule has 0 radical (unpaired) electrons. The lowest BCUT2D eigenvalue weighted by atomic mass is 10.2. The van der Waals surface area contributed by atoms with Crippen molar-refractivity contribution in [3.63, 3.8) is 0 Å². The summed E-state index contributed by atoms with van der Waals surface area (Å²) in [6.45, 7) is 1.03. The van der Waals surface area contributed by atoms with Crippen molar-refractivity contribution in [3.05, 3.63) is 53.1 Å². The minimum atomic E-state index is -0.435. The third-order valence-electron chi connectivity index (χ3n) is 4.53. The van der Waals surface area contributed by atoms with Crippen LogP contribution in [0.3, 0.4) is 0 Å². The van der Waals surface area contributed by atoms with Crippen molar-refractivity contribution in [2.24, 2.45) is 7.05 Å². The first kappa shape index (κ1) is 17.5. The first-order chi connectivity index (χ1) is 12.0. The maximum absolute atomic E-state index is 12.9. The summed E-state index contributed by atoms with van der Waals surface area (Å²) in [5, 5.41) is 0.645. The van der Waals surface area contributed by atoms with E-state index in [1.807, 2.05) is 23.9 Å². The van der Waals surface area contributed by atoms with Crippen molar-refractivity contribution in [2.75, 3.05) is 13.6 Å². The Morgan fingerprint density at radius 3 is 2.84 bits per heavy atom. The highest BCUT2D eigenvalue weighted by molar-refractivity contribution is 6.30. The number of nitrogens with zero attached hydrogens (tertiary/aromatic N) is 4. The Labute approximate surface area is 152 Å². The molecule has 3 rings (SSSR count). The summed E-state index contributed by atoms with van der Waals surface area (Å²) in [6.07, 6.45) is 4.89. The van der Waals surface area contributed by atoms with Crippen LogP contribution in [-0.4, -0.2) is 50.8 Å². The van der Waals surface area contributed by atoms with Crippen molar-refractivity contribution < 1.29 is 9.59 Å². The van der Waals surface area contributed by atoms with Gasteiger partial charge in [-0.2, -0.15) is 0 Å². The first-order valence-electron chi connectivity index (χ1n) is 8.25. The summed E-state index contributed by atoms with van der Waals surface area (Å²) in [5.41, 5.74) is 1.32. The van der Waals surface area contributed by atoms with E-state index in [9.17, 15) is 9.59 Å². The number of aryl methyl sites for hydroxylation is 1. The number of hydrogen-bond acceptors (Lipinski definition) is 3. The van der Waals surface area contributed by atoms with Crippen LogP contribution in [-0.2, 0) is 18.4 Å². The van der Waals surface area contributed by atoms with Gasteiger partial charge >= 0.3 is 0 Å². The van der Waals surface area contributed by atoms with Crippen LogP contribution in [0.4, 0.5) is 0 Å². The molecule has 2 aromatic heterocycles. The van der Waals surface area contributed by atoms with Gasteiger partial charge in [0, 0.05) is 38.7 Å². The van der Waals surface area contributed by atoms with Gasteiger partial charge in [0.05, 0.1) is 11.6 Å². The highest BCUT2D eigenvalue weighted by atomic mass is 35.5. The number of pyridine rings is 1. The van der Waals surface area contributed by atoms with Gasteiger partial charge in [0.1, 0.15) is 11.7 Å².